The summed E-state index contributed by atoms with van der Waals surface area (Å²) in [6.07, 6.45) is 4.54. The molecule has 16 heavy (non-hydrogen) atoms. The summed E-state index contributed by atoms with van der Waals surface area (Å²) >= 11 is 0. The maximum atomic E-state index is 11.7. The van der Waals surface area contributed by atoms with E-state index >= 15 is 0 Å². The lowest BCUT2D eigenvalue weighted by Gasteiger charge is -2.28. The number of aliphatic hydroxyl groups excluding tert-OH is 3. The van der Waals surface area contributed by atoms with E-state index in [1.54, 1.807) is 0 Å². The third kappa shape index (κ3) is 4.60. The predicted molar refractivity (Wildman–Crippen MR) is 62.1 cm³/mol. The van der Waals surface area contributed by atoms with Crippen molar-refractivity contribution in [1.29, 1.82) is 0 Å². The minimum absolute atomic E-state index is 0.00883. The zero-order valence-electron chi connectivity index (χ0n) is 10.1. The molecule has 0 fully saturated rings. The number of carbonyl (C=O) groups is 1. The summed E-state index contributed by atoms with van der Waals surface area (Å²) in [6, 6.07) is 0. The smallest absolute Gasteiger partial charge is 0.145 e. The molecule has 0 aromatic carbocycles. The maximum Gasteiger partial charge on any atom is 0.145 e. The van der Waals surface area contributed by atoms with Gasteiger partial charge in [-0.25, -0.2) is 0 Å². The molecule has 96 valence electrons. The Morgan fingerprint density at radius 1 is 1.06 bits per heavy atom. The summed E-state index contributed by atoms with van der Waals surface area (Å²) in [7, 11) is 0. The molecule has 0 rings (SSSR count). The Morgan fingerprint density at radius 2 is 1.69 bits per heavy atom. The van der Waals surface area contributed by atoms with E-state index in [-0.39, 0.29) is 32.0 Å². The quantitative estimate of drug-likeness (QED) is 0.489. The van der Waals surface area contributed by atoms with E-state index in [1.807, 2.05) is 0 Å². The molecule has 0 bridgehead atoms. The lowest BCUT2D eigenvalue weighted by molar-refractivity contribution is -0.135. The highest BCUT2D eigenvalue weighted by Crippen LogP contribution is 2.27. The van der Waals surface area contributed by atoms with Gasteiger partial charge in [-0.3, -0.25) is 4.79 Å². The topological polar surface area (TPSA) is 77.8 Å². The van der Waals surface area contributed by atoms with Gasteiger partial charge in [0.05, 0.1) is 18.6 Å². The Labute approximate surface area is 97.3 Å². The Bertz CT molecular complexity index is 187. The van der Waals surface area contributed by atoms with Crippen LogP contribution in [-0.2, 0) is 4.79 Å². The number of Topliss-reactive ketones (excluding diaryl/α,β-unsaturated/α-hetero) is 1. The van der Waals surface area contributed by atoms with Gasteiger partial charge in [-0.05, 0) is 6.42 Å². The number of hydrogen-bond acceptors (Lipinski definition) is 4. The minimum Gasteiger partial charge on any atom is -0.396 e. The van der Waals surface area contributed by atoms with Gasteiger partial charge in [0.15, 0.2) is 0 Å². The number of unbranched alkanes of at least 4 members (excludes halogenated alkanes) is 3. The second kappa shape index (κ2) is 8.67. The molecule has 4 heteroatoms. The molecule has 0 atom stereocenters. The summed E-state index contributed by atoms with van der Waals surface area (Å²) < 4.78 is 0. The standard InChI is InChI=1S/C12H24O4/c1-2-3-4-5-7-12(9-14,10-15)11(16)6-8-13/h13-15H,2-10H2,1H3. The van der Waals surface area contributed by atoms with Crippen molar-refractivity contribution in [2.45, 2.75) is 45.4 Å². The van der Waals surface area contributed by atoms with Crippen LogP contribution in [0.1, 0.15) is 45.4 Å². The molecule has 0 saturated carbocycles. The first-order valence-electron chi connectivity index (χ1n) is 6.02. The zero-order chi connectivity index (χ0) is 12.4. The van der Waals surface area contributed by atoms with E-state index in [0.29, 0.717) is 6.42 Å². The van der Waals surface area contributed by atoms with Gasteiger partial charge in [-0.2, -0.15) is 0 Å². The molecule has 0 saturated heterocycles. The second-order valence-electron chi connectivity index (χ2n) is 4.30. The number of ketones is 1. The van der Waals surface area contributed by atoms with Crippen molar-refractivity contribution in [2.75, 3.05) is 19.8 Å². The highest BCUT2D eigenvalue weighted by molar-refractivity contribution is 5.85. The second-order valence-corrected chi connectivity index (χ2v) is 4.30. The zero-order valence-corrected chi connectivity index (χ0v) is 10.1. The van der Waals surface area contributed by atoms with Crippen LogP contribution in [-0.4, -0.2) is 40.9 Å². The molecular formula is C12H24O4. The van der Waals surface area contributed by atoms with Crippen molar-refractivity contribution >= 4 is 5.78 Å². The minimum atomic E-state index is -1.05. The number of aliphatic hydroxyl groups is 3. The Balaban J connectivity index is 4.26. The van der Waals surface area contributed by atoms with E-state index in [2.05, 4.69) is 6.92 Å². The van der Waals surface area contributed by atoms with Crippen LogP contribution < -0.4 is 0 Å². The van der Waals surface area contributed by atoms with Crippen LogP contribution in [0.3, 0.4) is 0 Å². The third-order valence-corrected chi connectivity index (χ3v) is 3.04. The maximum absolute atomic E-state index is 11.7. The summed E-state index contributed by atoms with van der Waals surface area (Å²) in [6.45, 7) is 1.20. The number of rotatable bonds is 10. The van der Waals surface area contributed by atoms with Crippen LogP contribution in [0.15, 0.2) is 0 Å². The molecule has 0 aromatic heterocycles. The van der Waals surface area contributed by atoms with E-state index in [4.69, 9.17) is 5.11 Å². The molecule has 0 spiro atoms. The lowest BCUT2D eigenvalue weighted by atomic mass is 9.79. The molecule has 0 aliphatic heterocycles. The van der Waals surface area contributed by atoms with Crippen LogP contribution in [0.25, 0.3) is 0 Å². The first-order chi connectivity index (χ1) is 7.66. The number of hydrogen-bond donors (Lipinski definition) is 3. The van der Waals surface area contributed by atoms with Gasteiger partial charge in [-0.15, -0.1) is 0 Å². The normalized spacial score (nSPS) is 11.8. The van der Waals surface area contributed by atoms with E-state index in [1.165, 1.54) is 0 Å². The van der Waals surface area contributed by atoms with Gasteiger partial charge in [-0.1, -0.05) is 32.6 Å². The van der Waals surface area contributed by atoms with Gasteiger partial charge >= 0.3 is 0 Å². The average Bonchev–Trinajstić information content (AvgIpc) is 2.30. The first kappa shape index (κ1) is 15.6. The largest absolute Gasteiger partial charge is 0.396 e. The van der Waals surface area contributed by atoms with Gasteiger partial charge in [0, 0.05) is 13.0 Å². The highest BCUT2D eigenvalue weighted by Gasteiger charge is 2.35. The average molecular weight is 232 g/mol. The van der Waals surface area contributed by atoms with E-state index < -0.39 is 5.41 Å². The van der Waals surface area contributed by atoms with Crippen molar-refractivity contribution in [1.82, 2.24) is 0 Å². The first-order valence-corrected chi connectivity index (χ1v) is 6.02. The van der Waals surface area contributed by atoms with Crippen molar-refractivity contribution in [3.8, 4) is 0 Å². The van der Waals surface area contributed by atoms with Crippen molar-refractivity contribution in [3.63, 3.8) is 0 Å². The van der Waals surface area contributed by atoms with Crippen LogP contribution in [0.4, 0.5) is 0 Å². The van der Waals surface area contributed by atoms with Crippen molar-refractivity contribution < 1.29 is 20.1 Å². The van der Waals surface area contributed by atoms with Crippen LogP contribution in [0.2, 0.25) is 0 Å². The van der Waals surface area contributed by atoms with Gasteiger partial charge in [0.1, 0.15) is 5.78 Å². The van der Waals surface area contributed by atoms with Gasteiger partial charge in [0.2, 0.25) is 0 Å². The van der Waals surface area contributed by atoms with Crippen LogP contribution >= 0.6 is 0 Å². The van der Waals surface area contributed by atoms with Gasteiger partial charge in [0.25, 0.3) is 0 Å². The fourth-order valence-corrected chi connectivity index (χ4v) is 1.78. The van der Waals surface area contributed by atoms with Gasteiger partial charge < -0.3 is 15.3 Å². The SMILES string of the molecule is CCCCCCC(CO)(CO)C(=O)CCO. The van der Waals surface area contributed by atoms with Crippen molar-refractivity contribution in [3.05, 3.63) is 0 Å². The molecule has 4 nitrogen and oxygen atoms in total. The third-order valence-electron chi connectivity index (χ3n) is 3.04. The lowest BCUT2D eigenvalue weighted by Crippen LogP contribution is -2.39. The van der Waals surface area contributed by atoms with Crippen LogP contribution in [0, 0.1) is 5.41 Å². The summed E-state index contributed by atoms with van der Waals surface area (Å²) in [5.41, 5.74) is -1.05. The van der Waals surface area contributed by atoms with E-state index in [0.717, 1.165) is 25.7 Å². The monoisotopic (exact) mass is 232 g/mol. The molecule has 0 aromatic rings. The molecule has 0 radical (unpaired) electrons. The Morgan fingerprint density at radius 3 is 2.12 bits per heavy atom. The highest BCUT2D eigenvalue weighted by atomic mass is 16.3. The fourth-order valence-electron chi connectivity index (χ4n) is 1.78. The Hall–Kier alpha value is -0.450. The predicted octanol–water partition coefficient (Wildman–Crippen LogP) is 0.879. The number of carbonyl (C=O) groups excluding carboxylic acids is 1. The molecule has 0 amide bonds. The summed E-state index contributed by atoms with van der Waals surface area (Å²) in [5, 5.41) is 27.3. The fraction of sp³-hybridized carbons (Fsp3) is 0.917. The Kier molecular flexibility index (Phi) is 8.43. The van der Waals surface area contributed by atoms with Crippen molar-refractivity contribution in [2.24, 2.45) is 5.41 Å². The molecule has 0 heterocycles. The molecule has 0 aliphatic carbocycles. The molecular weight excluding hydrogens is 208 g/mol. The van der Waals surface area contributed by atoms with Crippen LogP contribution in [0.5, 0.6) is 0 Å². The molecule has 0 unspecified atom stereocenters. The molecule has 0 aliphatic rings. The summed E-state index contributed by atoms with van der Waals surface area (Å²) in [4.78, 5) is 11.7. The molecule has 3 N–H and O–H groups in total. The summed E-state index contributed by atoms with van der Waals surface area (Å²) in [5.74, 6) is -0.239. The van der Waals surface area contributed by atoms with E-state index in [9.17, 15) is 15.0 Å².